The van der Waals surface area contributed by atoms with Gasteiger partial charge in [-0.05, 0) is 44.9 Å². The normalized spacial score (nSPS) is 13.0. The van der Waals surface area contributed by atoms with Gasteiger partial charge >= 0.3 is 11.9 Å². The Morgan fingerprint density at radius 2 is 0.551 bits per heavy atom. The molecule has 9 nitrogen and oxygen atoms in total. The largest absolute Gasteiger partial charge is 0.756 e. The first-order valence-corrected chi connectivity index (χ1v) is 45.5. The van der Waals surface area contributed by atoms with Crippen molar-refractivity contribution in [1.29, 1.82) is 0 Å². The highest BCUT2D eigenvalue weighted by atomic mass is 31.2. The topological polar surface area (TPSA) is 111 Å². The molecule has 582 valence electrons. The van der Waals surface area contributed by atoms with Crippen LogP contribution in [0.3, 0.4) is 0 Å². The molecule has 2 unspecified atom stereocenters. The molecule has 0 rings (SSSR count). The standard InChI is InChI=1S/C88H172NO8P/c1-6-8-10-12-14-16-18-20-22-24-26-28-30-32-34-36-38-40-41-42-43-44-45-46-47-49-51-53-55-57-59-61-63-65-67-69-71-73-75-77-79-81-88(91)97-86(85-96-98(92,93)95-83-82-89(3,4)5)84-94-87(90)80-78-76-74-72-70-68-66-64-62-60-58-56-54-52-50-48-39-37-35-33-31-29-27-25-23-21-19-17-15-13-11-9-7-2/h18,20,24,26,86H,6-17,19,21-23,25,27-85H2,1-5H3/b20-18-,26-24-. The van der Waals surface area contributed by atoms with Gasteiger partial charge in [0.2, 0.25) is 0 Å². The molecule has 2 atom stereocenters. The number of phosphoric ester groups is 1. The molecule has 0 radical (unpaired) electrons. The first-order valence-electron chi connectivity index (χ1n) is 44.0. The van der Waals surface area contributed by atoms with E-state index >= 15 is 0 Å². The summed E-state index contributed by atoms with van der Waals surface area (Å²) in [5.41, 5.74) is 0. The van der Waals surface area contributed by atoms with Gasteiger partial charge in [0.15, 0.2) is 6.10 Å². The van der Waals surface area contributed by atoms with Crippen molar-refractivity contribution < 1.29 is 42.1 Å². The lowest BCUT2D eigenvalue weighted by Crippen LogP contribution is -2.37. The van der Waals surface area contributed by atoms with Gasteiger partial charge in [0.1, 0.15) is 19.8 Å². The number of carbonyl (C=O) groups excluding carboxylic acids is 2. The van der Waals surface area contributed by atoms with Crippen LogP contribution in [0.4, 0.5) is 0 Å². The van der Waals surface area contributed by atoms with E-state index in [-0.39, 0.29) is 32.0 Å². The van der Waals surface area contributed by atoms with E-state index in [1.807, 2.05) is 21.1 Å². The Morgan fingerprint density at radius 1 is 0.316 bits per heavy atom. The van der Waals surface area contributed by atoms with Gasteiger partial charge in [-0.2, -0.15) is 0 Å². The summed E-state index contributed by atoms with van der Waals surface area (Å²) < 4.78 is 34.5. The molecule has 0 spiro atoms. The number of rotatable bonds is 84. The second kappa shape index (κ2) is 79.6. The molecule has 0 fully saturated rings. The van der Waals surface area contributed by atoms with Crippen molar-refractivity contribution >= 4 is 19.8 Å². The quantitative estimate of drug-likeness (QED) is 0.0195. The number of allylic oxidation sites excluding steroid dienone is 4. The molecule has 98 heavy (non-hydrogen) atoms. The molecular weight excluding hydrogens is 1230 g/mol. The van der Waals surface area contributed by atoms with Crippen LogP contribution in [-0.4, -0.2) is 70.0 Å². The first-order chi connectivity index (χ1) is 48.0. The second-order valence-electron chi connectivity index (χ2n) is 31.6. The van der Waals surface area contributed by atoms with Gasteiger partial charge in [-0.15, -0.1) is 0 Å². The number of carbonyl (C=O) groups is 2. The van der Waals surface area contributed by atoms with Crippen LogP contribution in [0.5, 0.6) is 0 Å². The van der Waals surface area contributed by atoms with Gasteiger partial charge in [0, 0.05) is 12.8 Å². The van der Waals surface area contributed by atoms with Crippen molar-refractivity contribution in [3.05, 3.63) is 24.3 Å². The maximum Gasteiger partial charge on any atom is 0.306 e. The molecule has 0 aromatic rings. The van der Waals surface area contributed by atoms with E-state index in [1.54, 1.807) is 0 Å². The fourth-order valence-corrected chi connectivity index (χ4v) is 14.5. The van der Waals surface area contributed by atoms with Crippen LogP contribution in [0.25, 0.3) is 0 Å². The van der Waals surface area contributed by atoms with Crippen LogP contribution >= 0.6 is 7.82 Å². The lowest BCUT2D eigenvalue weighted by molar-refractivity contribution is -0.870. The highest BCUT2D eigenvalue weighted by molar-refractivity contribution is 7.45. The molecule has 0 bridgehead atoms. The molecule has 0 aromatic carbocycles. The van der Waals surface area contributed by atoms with Crippen molar-refractivity contribution in [3.8, 4) is 0 Å². The Kier molecular flexibility index (Phi) is 78.4. The highest BCUT2D eigenvalue weighted by Crippen LogP contribution is 2.38. The average molecular weight is 1400 g/mol. The third-order valence-corrected chi connectivity index (χ3v) is 21.4. The first kappa shape index (κ1) is 96.5. The monoisotopic (exact) mass is 1400 g/mol. The van der Waals surface area contributed by atoms with Crippen molar-refractivity contribution in [2.45, 2.75) is 482 Å². The van der Waals surface area contributed by atoms with E-state index < -0.39 is 26.5 Å². The van der Waals surface area contributed by atoms with Crippen molar-refractivity contribution in [2.24, 2.45) is 0 Å². The Morgan fingerprint density at radius 3 is 0.806 bits per heavy atom. The summed E-state index contributed by atoms with van der Waals surface area (Å²) in [7, 11) is 1.20. The minimum Gasteiger partial charge on any atom is -0.756 e. The predicted molar refractivity (Wildman–Crippen MR) is 425 cm³/mol. The minimum atomic E-state index is -4.64. The lowest BCUT2D eigenvalue weighted by Gasteiger charge is -2.28. The number of hydrogen-bond donors (Lipinski definition) is 0. The average Bonchev–Trinajstić information content (AvgIpc) is 1.08. The van der Waals surface area contributed by atoms with Gasteiger partial charge < -0.3 is 27.9 Å². The lowest BCUT2D eigenvalue weighted by atomic mass is 10.0. The number of phosphoric acid groups is 1. The van der Waals surface area contributed by atoms with Crippen LogP contribution in [0.1, 0.15) is 476 Å². The molecular formula is C88H172NO8P. The van der Waals surface area contributed by atoms with Crippen molar-refractivity contribution in [2.75, 3.05) is 47.5 Å². The molecule has 0 heterocycles. The summed E-state index contributed by atoms with van der Waals surface area (Å²) in [5.74, 6) is -0.801. The number of hydrogen-bond acceptors (Lipinski definition) is 8. The van der Waals surface area contributed by atoms with E-state index in [1.165, 1.54) is 405 Å². The van der Waals surface area contributed by atoms with Crippen molar-refractivity contribution in [1.82, 2.24) is 0 Å². The zero-order valence-electron chi connectivity index (χ0n) is 66.8. The molecule has 0 saturated heterocycles. The van der Waals surface area contributed by atoms with Gasteiger partial charge in [-0.25, -0.2) is 0 Å². The zero-order chi connectivity index (χ0) is 71.1. The Bertz CT molecular complexity index is 1700. The summed E-state index contributed by atoms with van der Waals surface area (Å²) in [6.45, 7) is 4.33. The fourth-order valence-electron chi connectivity index (χ4n) is 13.8. The molecule has 10 heteroatoms. The summed E-state index contributed by atoms with van der Waals surface area (Å²) in [6, 6.07) is 0. The van der Waals surface area contributed by atoms with Gasteiger partial charge in [0.25, 0.3) is 7.82 Å². The molecule has 0 N–H and O–H groups in total. The van der Waals surface area contributed by atoms with Gasteiger partial charge in [0.05, 0.1) is 27.7 Å². The molecule has 0 amide bonds. The van der Waals surface area contributed by atoms with Crippen LogP contribution < -0.4 is 4.89 Å². The van der Waals surface area contributed by atoms with Crippen molar-refractivity contribution in [3.63, 3.8) is 0 Å². The summed E-state index contributed by atoms with van der Waals surface area (Å²) in [5, 5.41) is 0. The summed E-state index contributed by atoms with van der Waals surface area (Å²) >= 11 is 0. The van der Waals surface area contributed by atoms with Crippen LogP contribution in [0.2, 0.25) is 0 Å². The minimum absolute atomic E-state index is 0.0257. The molecule has 0 aromatic heterocycles. The van der Waals surface area contributed by atoms with Gasteiger partial charge in [-0.1, -0.05) is 443 Å². The number of nitrogens with zero attached hydrogens (tertiary/aromatic N) is 1. The van der Waals surface area contributed by atoms with E-state index in [0.717, 1.165) is 38.5 Å². The smallest absolute Gasteiger partial charge is 0.306 e. The van der Waals surface area contributed by atoms with Gasteiger partial charge in [-0.3, -0.25) is 14.2 Å². The molecule has 0 aliphatic heterocycles. The van der Waals surface area contributed by atoms with E-state index in [4.69, 9.17) is 18.5 Å². The Hall–Kier alpha value is -1.51. The third kappa shape index (κ3) is 83.4. The second-order valence-corrected chi connectivity index (χ2v) is 33.0. The number of esters is 2. The van der Waals surface area contributed by atoms with Crippen LogP contribution in [-0.2, 0) is 32.7 Å². The predicted octanol–water partition coefficient (Wildman–Crippen LogP) is 28.9. The highest BCUT2D eigenvalue weighted by Gasteiger charge is 2.22. The Balaban J connectivity index is 3.83. The maximum atomic E-state index is 12.9. The number of ether oxygens (including phenoxy) is 2. The fraction of sp³-hybridized carbons (Fsp3) is 0.932. The summed E-state index contributed by atoms with van der Waals surface area (Å²) in [6.07, 6.45) is 104. The molecule has 0 saturated carbocycles. The molecule has 0 aliphatic rings. The van der Waals surface area contributed by atoms with E-state index in [9.17, 15) is 19.0 Å². The van der Waals surface area contributed by atoms with E-state index in [2.05, 4.69) is 38.2 Å². The van der Waals surface area contributed by atoms with E-state index in [0.29, 0.717) is 17.4 Å². The zero-order valence-corrected chi connectivity index (χ0v) is 67.7. The maximum absolute atomic E-state index is 12.9. The third-order valence-electron chi connectivity index (χ3n) is 20.5. The SMILES string of the molecule is CCCCCCC/C=C\C/C=C\CCCCCCCCCCCCCCCCCCCCCCCCCCCCCCCC(=O)OC(COC(=O)CCCCCCCCCCCCCCCCCCCCCCCCCCCCCCCCCCC)COP(=O)([O-])OCC[N+](C)(C)C. The molecule has 0 aliphatic carbocycles. The Labute approximate surface area is 612 Å². The van der Waals surface area contributed by atoms with Crippen LogP contribution in [0, 0.1) is 0 Å². The number of likely N-dealkylation sites (N-methyl/N-ethyl adjacent to an activating group) is 1. The number of unbranched alkanes of at least 4 members (excludes halogenated alkanes) is 66. The summed E-state index contributed by atoms with van der Waals surface area (Å²) in [4.78, 5) is 38.2. The number of quaternary nitrogens is 1. The van der Waals surface area contributed by atoms with Crippen LogP contribution in [0.15, 0.2) is 24.3 Å².